The Kier molecular flexibility index (Phi) is 7.97. The van der Waals surface area contributed by atoms with Gasteiger partial charge in [-0.2, -0.15) is 8.42 Å². The van der Waals surface area contributed by atoms with E-state index in [1.807, 2.05) is 6.92 Å². The lowest BCUT2D eigenvalue weighted by Crippen LogP contribution is -2.21. The molecule has 10 heteroatoms. The molecule has 0 aliphatic heterocycles. The highest BCUT2D eigenvalue weighted by Crippen LogP contribution is 2.15. The van der Waals surface area contributed by atoms with Crippen LogP contribution in [0.4, 0.5) is 5.69 Å². The Hall–Kier alpha value is -2.69. The van der Waals surface area contributed by atoms with E-state index in [0.717, 1.165) is 11.1 Å². The fourth-order valence-electron chi connectivity index (χ4n) is 1.94. The van der Waals surface area contributed by atoms with Gasteiger partial charge < -0.3 is 9.25 Å². The van der Waals surface area contributed by atoms with Crippen LogP contribution in [0.5, 0.6) is 0 Å². The van der Waals surface area contributed by atoms with E-state index in [0.29, 0.717) is 24.1 Å². The first-order chi connectivity index (χ1) is 12.1. The summed E-state index contributed by atoms with van der Waals surface area (Å²) in [5.41, 5.74) is 2.10. The second kappa shape index (κ2) is 9.70. The summed E-state index contributed by atoms with van der Waals surface area (Å²) in [5.74, 6) is 0. The Morgan fingerprint density at radius 3 is 2.50 bits per heavy atom. The number of aryl methyl sites for hydroxylation is 1. The van der Waals surface area contributed by atoms with E-state index in [-0.39, 0.29) is 0 Å². The summed E-state index contributed by atoms with van der Waals surface area (Å²) in [6.07, 6.45) is 1.70. The third-order valence-electron chi connectivity index (χ3n) is 3.04. The van der Waals surface area contributed by atoms with Crippen molar-refractivity contribution in [2.24, 2.45) is 5.14 Å². The fourth-order valence-corrected chi connectivity index (χ4v) is 2.40. The molecular formula is C16H21N3O6S. The number of nitrogens with two attached hydrogens (primary N) is 1. The largest absolute Gasteiger partial charge is 0.431 e. The molecule has 0 amide bonds. The van der Waals surface area contributed by atoms with E-state index < -0.39 is 15.8 Å². The Bertz CT molecular complexity index is 893. The average molecular weight is 383 g/mol. The SMILES string of the molecule is CN(C)OC=O.Cc1ccoc(=O)c1Cc1cccc(NS(N)(=O)=O)c1. The van der Waals surface area contributed by atoms with Gasteiger partial charge in [0.05, 0.1) is 12.0 Å². The normalized spacial score (nSPS) is 10.7. The van der Waals surface area contributed by atoms with Crippen molar-refractivity contribution >= 4 is 22.4 Å². The maximum atomic E-state index is 11.7. The van der Waals surface area contributed by atoms with Gasteiger partial charge in [0.1, 0.15) is 0 Å². The van der Waals surface area contributed by atoms with Crippen LogP contribution in [0.3, 0.4) is 0 Å². The standard InChI is InChI=1S/C13H14N2O4S.C3H7NO2/c1-9-5-6-19-13(16)12(9)8-10-3-2-4-11(7-10)15-20(14,17)18;1-4(2)6-3-5/h2-7,15H,8H2,1H3,(H2,14,17,18);3H,1-2H3. The molecule has 142 valence electrons. The molecule has 9 nitrogen and oxygen atoms in total. The van der Waals surface area contributed by atoms with Gasteiger partial charge in [0.2, 0.25) is 0 Å². The van der Waals surface area contributed by atoms with E-state index in [1.165, 1.54) is 11.3 Å². The van der Waals surface area contributed by atoms with Gasteiger partial charge in [-0.3, -0.25) is 9.52 Å². The van der Waals surface area contributed by atoms with Gasteiger partial charge in [-0.1, -0.05) is 12.1 Å². The summed E-state index contributed by atoms with van der Waals surface area (Å²) in [4.78, 5) is 25.2. The first-order valence-electron chi connectivity index (χ1n) is 7.37. The minimum Gasteiger partial charge on any atom is -0.431 e. The number of anilines is 1. The lowest BCUT2D eigenvalue weighted by Gasteiger charge is -2.07. The topological polar surface area (TPSA) is 132 Å². The minimum absolute atomic E-state index is 0.350. The summed E-state index contributed by atoms with van der Waals surface area (Å²) in [6, 6.07) is 8.39. The number of carbonyl (C=O) groups is 1. The first-order valence-corrected chi connectivity index (χ1v) is 8.91. The molecular weight excluding hydrogens is 362 g/mol. The van der Waals surface area contributed by atoms with Crippen molar-refractivity contribution in [3.63, 3.8) is 0 Å². The van der Waals surface area contributed by atoms with E-state index >= 15 is 0 Å². The number of hydroxylamine groups is 2. The molecule has 0 saturated carbocycles. The molecule has 2 rings (SSSR count). The molecule has 0 bridgehead atoms. The monoisotopic (exact) mass is 383 g/mol. The summed E-state index contributed by atoms with van der Waals surface area (Å²) in [7, 11) is -0.547. The van der Waals surface area contributed by atoms with Crippen LogP contribution < -0.4 is 15.5 Å². The molecule has 0 fully saturated rings. The van der Waals surface area contributed by atoms with E-state index in [9.17, 15) is 18.0 Å². The zero-order valence-electron chi connectivity index (χ0n) is 14.6. The molecule has 0 atom stereocenters. The third-order valence-corrected chi connectivity index (χ3v) is 3.56. The number of benzene rings is 1. The van der Waals surface area contributed by atoms with E-state index in [4.69, 9.17) is 9.56 Å². The van der Waals surface area contributed by atoms with Crippen LogP contribution in [0.2, 0.25) is 0 Å². The van der Waals surface area contributed by atoms with Crippen LogP contribution in [-0.2, 0) is 26.3 Å². The van der Waals surface area contributed by atoms with Crippen molar-refractivity contribution < 1.29 is 22.5 Å². The number of carbonyl (C=O) groups excluding carboxylic acids is 1. The second-order valence-electron chi connectivity index (χ2n) is 5.41. The number of nitrogens with one attached hydrogen (secondary N) is 1. The summed E-state index contributed by atoms with van der Waals surface area (Å²) in [5, 5.41) is 6.23. The molecule has 0 saturated heterocycles. The van der Waals surface area contributed by atoms with Crippen molar-refractivity contribution in [3.8, 4) is 0 Å². The van der Waals surface area contributed by atoms with Crippen molar-refractivity contribution in [1.29, 1.82) is 0 Å². The highest BCUT2D eigenvalue weighted by atomic mass is 32.2. The molecule has 2 aromatic rings. The van der Waals surface area contributed by atoms with Gasteiger partial charge in [-0.25, -0.2) is 9.93 Å². The van der Waals surface area contributed by atoms with Crippen LogP contribution in [-0.4, -0.2) is 34.0 Å². The predicted octanol–water partition coefficient (Wildman–Crippen LogP) is 0.790. The quantitative estimate of drug-likeness (QED) is 0.557. The van der Waals surface area contributed by atoms with Crippen LogP contribution in [0.15, 0.2) is 45.8 Å². The number of hydrogen-bond donors (Lipinski definition) is 2. The molecule has 1 aromatic heterocycles. The van der Waals surface area contributed by atoms with Crippen molar-refractivity contribution in [3.05, 3.63) is 63.7 Å². The van der Waals surface area contributed by atoms with Gasteiger partial charge in [0, 0.05) is 26.1 Å². The van der Waals surface area contributed by atoms with Crippen molar-refractivity contribution in [1.82, 2.24) is 5.06 Å². The van der Waals surface area contributed by atoms with Crippen LogP contribution in [0.25, 0.3) is 0 Å². The Morgan fingerprint density at radius 2 is 2.00 bits per heavy atom. The average Bonchev–Trinajstić information content (AvgIpc) is 2.50. The smallest absolute Gasteiger partial charge is 0.339 e. The molecule has 0 aliphatic rings. The maximum Gasteiger partial charge on any atom is 0.339 e. The van der Waals surface area contributed by atoms with Gasteiger partial charge in [-0.05, 0) is 36.2 Å². The molecule has 3 N–H and O–H groups in total. The molecule has 0 spiro atoms. The van der Waals surface area contributed by atoms with Gasteiger partial charge in [0.25, 0.3) is 10.2 Å². The van der Waals surface area contributed by atoms with Crippen molar-refractivity contribution in [2.75, 3.05) is 18.8 Å². The molecule has 26 heavy (non-hydrogen) atoms. The van der Waals surface area contributed by atoms with Gasteiger partial charge in [-0.15, -0.1) is 5.06 Å². The van der Waals surface area contributed by atoms with Crippen LogP contribution in [0.1, 0.15) is 16.7 Å². The fraction of sp³-hybridized carbons (Fsp3) is 0.250. The lowest BCUT2D eigenvalue weighted by molar-refractivity contribution is -0.160. The predicted molar refractivity (Wildman–Crippen MR) is 96.5 cm³/mol. The van der Waals surface area contributed by atoms with Crippen LogP contribution >= 0.6 is 0 Å². The van der Waals surface area contributed by atoms with E-state index in [2.05, 4.69) is 9.56 Å². The van der Waals surface area contributed by atoms with Gasteiger partial charge in [0.15, 0.2) is 0 Å². The second-order valence-corrected chi connectivity index (χ2v) is 6.70. The summed E-state index contributed by atoms with van der Waals surface area (Å²) in [6.45, 7) is 2.19. The Balaban J connectivity index is 0.000000487. The number of nitrogens with zero attached hydrogens (tertiary/aromatic N) is 1. The lowest BCUT2D eigenvalue weighted by atomic mass is 10.0. The molecule has 0 radical (unpaired) electrons. The summed E-state index contributed by atoms with van der Waals surface area (Å²) >= 11 is 0. The summed E-state index contributed by atoms with van der Waals surface area (Å²) < 4.78 is 29.0. The zero-order chi connectivity index (χ0) is 19.7. The highest BCUT2D eigenvalue weighted by molar-refractivity contribution is 7.90. The highest BCUT2D eigenvalue weighted by Gasteiger charge is 2.08. The first kappa shape index (κ1) is 21.4. The van der Waals surface area contributed by atoms with Crippen molar-refractivity contribution in [2.45, 2.75) is 13.3 Å². The molecule has 1 heterocycles. The van der Waals surface area contributed by atoms with Crippen LogP contribution in [0, 0.1) is 6.92 Å². The minimum atomic E-state index is -3.81. The number of hydrogen-bond acceptors (Lipinski definition) is 7. The molecule has 0 unspecified atom stereocenters. The maximum absolute atomic E-state index is 11.7. The number of rotatable bonds is 6. The van der Waals surface area contributed by atoms with E-state index in [1.54, 1.807) is 44.4 Å². The third kappa shape index (κ3) is 7.92. The zero-order valence-corrected chi connectivity index (χ0v) is 15.4. The molecule has 1 aromatic carbocycles. The Morgan fingerprint density at radius 1 is 1.31 bits per heavy atom. The molecule has 0 aliphatic carbocycles. The Labute approximate surface area is 151 Å². The van der Waals surface area contributed by atoms with Gasteiger partial charge >= 0.3 is 12.1 Å².